The maximum atomic E-state index is 11.3. The van der Waals surface area contributed by atoms with Gasteiger partial charge >= 0.3 is 5.97 Å². The van der Waals surface area contributed by atoms with Crippen LogP contribution >= 0.6 is 11.6 Å². The summed E-state index contributed by atoms with van der Waals surface area (Å²) in [4.78, 5) is 15.5. The lowest BCUT2D eigenvalue weighted by Crippen LogP contribution is -2.06. The van der Waals surface area contributed by atoms with Gasteiger partial charge in [-0.15, -0.1) is 0 Å². The number of aryl methyl sites for hydroxylation is 2. The fourth-order valence-corrected chi connectivity index (χ4v) is 2.53. The monoisotopic (exact) mass is 263 g/mol. The normalized spacial score (nSPS) is 10.8. The number of carboxylic acids is 1. The molecule has 0 aliphatic rings. The molecule has 1 aromatic carbocycles. The molecular formula is C14H14ClNO2. The first-order chi connectivity index (χ1) is 8.60. The Morgan fingerprint density at radius 3 is 2.61 bits per heavy atom. The van der Waals surface area contributed by atoms with E-state index >= 15 is 0 Å². The number of aromatic carboxylic acids is 1. The highest BCUT2D eigenvalue weighted by molar-refractivity contribution is 6.33. The first-order valence-electron chi connectivity index (χ1n) is 5.93. The van der Waals surface area contributed by atoms with Crippen LogP contribution in [0.3, 0.4) is 0 Å². The average Bonchev–Trinajstić information content (AvgIpc) is 2.35. The Morgan fingerprint density at radius 2 is 2.06 bits per heavy atom. The molecule has 18 heavy (non-hydrogen) atoms. The van der Waals surface area contributed by atoms with E-state index in [2.05, 4.69) is 4.98 Å². The summed E-state index contributed by atoms with van der Waals surface area (Å²) in [5.74, 6) is -1.02. The number of carboxylic acid groups (broad SMARTS) is 1. The van der Waals surface area contributed by atoms with Crippen LogP contribution in [0.1, 0.15) is 35.3 Å². The highest BCUT2D eigenvalue weighted by Gasteiger charge is 2.19. The van der Waals surface area contributed by atoms with Crippen LogP contribution in [0.2, 0.25) is 5.15 Å². The Labute approximate surface area is 110 Å². The number of benzene rings is 1. The molecule has 0 amide bonds. The number of hydrogen-bond acceptors (Lipinski definition) is 2. The number of para-hydroxylation sites is 1. The summed E-state index contributed by atoms with van der Waals surface area (Å²) < 4.78 is 0. The zero-order valence-electron chi connectivity index (χ0n) is 10.3. The lowest BCUT2D eigenvalue weighted by atomic mass is 9.98. The Bertz CT molecular complexity index is 623. The first-order valence-corrected chi connectivity index (χ1v) is 6.31. The van der Waals surface area contributed by atoms with Gasteiger partial charge in [0.15, 0.2) is 0 Å². The van der Waals surface area contributed by atoms with Crippen molar-refractivity contribution in [2.75, 3.05) is 0 Å². The number of rotatable bonds is 3. The van der Waals surface area contributed by atoms with Crippen molar-refractivity contribution < 1.29 is 9.90 Å². The van der Waals surface area contributed by atoms with E-state index in [9.17, 15) is 9.90 Å². The second kappa shape index (κ2) is 4.94. The standard InChI is InChI=1S/C14H14ClNO2/c1-3-8-6-5-7-10-9(4-2)11(14(17)18)13(15)16-12(8)10/h5-7H,3-4H2,1-2H3,(H,17,18). The molecule has 0 saturated heterocycles. The van der Waals surface area contributed by atoms with Gasteiger partial charge in [-0.2, -0.15) is 0 Å². The van der Waals surface area contributed by atoms with Gasteiger partial charge in [0.2, 0.25) is 0 Å². The fourth-order valence-electron chi connectivity index (χ4n) is 2.25. The van der Waals surface area contributed by atoms with E-state index in [1.807, 2.05) is 32.0 Å². The van der Waals surface area contributed by atoms with E-state index in [1.54, 1.807) is 0 Å². The summed E-state index contributed by atoms with van der Waals surface area (Å²) in [6.07, 6.45) is 1.46. The number of aromatic nitrogens is 1. The molecule has 0 atom stereocenters. The van der Waals surface area contributed by atoms with Crippen LogP contribution in [0, 0.1) is 0 Å². The zero-order valence-corrected chi connectivity index (χ0v) is 11.1. The van der Waals surface area contributed by atoms with Gasteiger partial charge in [-0.25, -0.2) is 9.78 Å². The van der Waals surface area contributed by atoms with Gasteiger partial charge in [-0.1, -0.05) is 43.6 Å². The zero-order chi connectivity index (χ0) is 13.3. The molecule has 0 fully saturated rings. The third kappa shape index (κ3) is 1.95. The molecule has 0 aliphatic heterocycles. The van der Waals surface area contributed by atoms with Gasteiger partial charge in [0.1, 0.15) is 10.7 Å². The number of fused-ring (bicyclic) bond motifs is 1. The predicted octanol–water partition coefficient (Wildman–Crippen LogP) is 3.71. The quantitative estimate of drug-likeness (QED) is 0.859. The first kappa shape index (κ1) is 12.8. The van der Waals surface area contributed by atoms with Crippen LogP contribution in [-0.2, 0) is 12.8 Å². The molecular weight excluding hydrogens is 250 g/mol. The Hall–Kier alpha value is -1.61. The minimum atomic E-state index is -1.02. The van der Waals surface area contributed by atoms with E-state index in [0.717, 1.165) is 28.5 Å². The Kier molecular flexibility index (Phi) is 3.53. The molecule has 2 rings (SSSR count). The number of halogens is 1. The van der Waals surface area contributed by atoms with Crippen LogP contribution in [0.4, 0.5) is 0 Å². The molecule has 1 heterocycles. The van der Waals surface area contributed by atoms with Crippen LogP contribution < -0.4 is 0 Å². The summed E-state index contributed by atoms with van der Waals surface area (Å²) >= 11 is 6.02. The number of carbonyl (C=O) groups is 1. The molecule has 0 radical (unpaired) electrons. The fraction of sp³-hybridized carbons (Fsp3) is 0.286. The van der Waals surface area contributed by atoms with Gasteiger partial charge in [-0.05, 0) is 24.0 Å². The topological polar surface area (TPSA) is 50.2 Å². The van der Waals surface area contributed by atoms with Gasteiger partial charge < -0.3 is 5.11 Å². The molecule has 2 aromatic rings. The Morgan fingerprint density at radius 1 is 1.33 bits per heavy atom. The van der Waals surface area contributed by atoms with Gasteiger partial charge in [-0.3, -0.25) is 0 Å². The minimum absolute atomic E-state index is 0.0766. The van der Waals surface area contributed by atoms with Crippen molar-refractivity contribution in [3.8, 4) is 0 Å². The van der Waals surface area contributed by atoms with Crippen LogP contribution in [0.25, 0.3) is 10.9 Å². The highest BCUT2D eigenvalue weighted by atomic mass is 35.5. The Balaban J connectivity index is 2.92. The van der Waals surface area contributed by atoms with Gasteiger partial charge in [0, 0.05) is 5.39 Å². The van der Waals surface area contributed by atoms with Crippen LogP contribution in [0.15, 0.2) is 18.2 Å². The van der Waals surface area contributed by atoms with E-state index in [1.165, 1.54) is 0 Å². The van der Waals surface area contributed by atoms with Crippen molar-refractivity contribution in [3.63, 3.8) is 0 Å². The second-order valence-corrected chi connectivity index (χ2v) is 4.44. The van der Waals surface area contributed by atoms with Crippen molar-refractivity contribution in [2.45, 2.75) is 26.7 Å². The summed E-state index contributed by atoms with van der Waals surface area (Å²) in [5.41, 5.74) is 2.78. The van der Waals surface area contributed by atoms with Crippen molar-refractivity contribution >= 4 is 28.5 Å². The van der Waals surface area contributed by atoms with Crippen LogP contribution in [0.5, 0.6) is 0 Å². The van der Waals surface area contributed by atoms with Crippen molar-refractivity contribution in [1.82, 2.24) is 4.98 Å². The van der Waals surface area contributed by atoms with Crippen LogP contribution in [-0.4, -0.2) is 16.1 Å². The molecule has 4 heteroatoms. The van der Waals surface area contributed by atoms with E-state index < -0.39 is 5.97 Å². The van der Waals surface area contributed by atoms with E-state index in [4.69, 9.17) is 11.6 Å². The largest absolute Gasteiger partial charge is 0.478 e. The third-order valence-corrected chi connectivity index (χ3v) is 3.38. The maximum absolute atomic E-state index is 11.3. The molecule has 0 saturated carbocycles. The minimum Gasteiger partial charge on any atom is -0.478 e. The predicted molar refractivity (Wildman–Crippen MR) is 72.5 cm³/mol. The summed E-state index contributed by atoms with van der Waals surface area (Å²) in [5, 5.41) is 10.2. The summed E-state index contributed by atoms with van der Waals surface area (Å²) in [6, 6.07) is 5.83. The molecule has 1 N–H and O–H groups in total. The van der Waals surface area contributed by atoms with Crippen molar-refractivity contribution in [1.29, 1.82) is 0 Å². The number of hydrogen-bond donors (Lipinski definition) is 1. The average molecular weight is 264 g/mol. The smallest absolute Gasteiger partial charge is 0.339 e. The van der Waals surface area contributed by atoms with Crippen molar-refractivity contribution in [3.05, 3.63) is 40.0 Å². The molecule has 0 bridgehead atoms. The van der Waals surface area contributed by atoms with Gasteiger partial charge in [0.05, 0.1) is 5.52 Å². The number of pyridine rings is 1. The maximum Gasteiger partial charge on any atom is 0.339 e. The van der Waals surface area contributed by atoms with E-state index in [-0.39, 0.29) is 10.7 Å². The molecule has 1 aromatic heterocycles. The van der Waals surface area contributed by atoms with Gasteiger partial charge in [0.25, 0.3) is 0 Å². The van der Waals surface area contributed by atoms with Crippen molar-refractivity contribution in [2.24, 2.45) is 0 Å². The lowest BCUT2D eigenvalue weighted by Gasteiger charge is -2.12. The molecule has 0 unspecified atom stereocenters. The summed E-state index contributed by atoms with van der Waals surface area (Å²) in [7, 11) is 0. The summed E-state index contributed by atoms with van der Waals surface area (Å²) in [6.45, 7) is 3.97. The second-order valence-electron chi connectivity index (χ2n) is 4.08. The highest BCUT2D eigenvalue weighted by Crippen LogP contribution is 2.29. The SMILES string of the molecule is CCc1c(C(=O)O)c(Cl)nc2c(CC)cccc12. The van der Waals surface area contributed by atoms with E-state index in [0.29, 0.717) is 6.42 Å². The number of nitrogens with zero attached hydrogens (tertiary/aromatic N) is 1. The molecule has 0 aliphatic carbocycles. The molecule has 94 valence electrons. The molecule has 0 spiro atoms. The molecule has 3 nitrogen and oxygen atoms in total. The third-order valence-electron chi connectivity index (χ3n) is 3.11. The lowest BCUT2D eigenvalue weighted by molar-refractivity contribution is 0.0695.